The molecule has 5 nitrogen and oxygen atoms in total. The van der Waals surface area contributed by atoms with Gasteiger partial charge in [0.2, 0.25) is 0 Å². The van der Waals surface area contributed by atoms with Gasteiger partial charge in [0.05, 0.1) is 11.4 Å². The van der Waals surface area contributed by atoms with Crippen LogP contribution in [0, 0.1) is 3.95 Å². The number of aromatic amines is 1. The molecule has 2 aromatic heterocycles. The third kappa shape index (κ3) is 4.75. The fraction of sp³-hybridized carbons (Fsp3) is 0. The van der Waals surface area contributed by atoms with E-state index in [0.29, 0.717) is 9.65 Å². The maximum Gasteiger partial charge on any atom is 0.198 e. The quantitative estimate of drug-likeness (QED) is 0.226. The first-order valence-electron chi connectivity index (χ1n) is 9.31. The van der Waals surface area contributed by atoms with Crippen LogP contribution in [0.15, 0.2) is 70.7 Å². The van der Waals surface area contributed by atoms with E-state index in [1.54, 1.807) is 23.1 Å². The number of anilines is 3. The zero-order valence-corrected chi connectivity index (χ0v) is 19.2. The van der Waals surface area contributed by atoms with Gasteiger partial charge in [-0.3, -0.25) is 5.43 Å². The summed E-state index contributed by atoms with van der Waals surface area (Å²) < 4.78 is 2.78. The molecule has 0 saturated heterocycles. The van der Waals surface area contributed by atoms with E-state index in [0.717, 1.165) is 36.1 Å². The first kappa shape index (κ1) is 20.1. The molecule has 0 spiro atoms. The molecule has 4 N–H and O–H groups in total. The first-order chi connectivity index (χ1) is 15.1. The number of hydrazone groups is 1. The van der Waals surface area contributed by atoms with E-state index < -0.39 is 0 Å². The van der Waals surface area contributed by atoms with Gasteiger partial charge in [0.15, 0.2) is 9.02 Å². The van der Waals surface area contributed by atoms with Gasteiger partial charge < -0.3 is 15.4 Å². The predicted molar refractivity (Wildman–Crippen MR) is 136 cm³/mol. The summed E-state index contributed by atoms with van der Waals surface area (Å²) in [5, 5.41) is 18.9. The number of hydrogen-bond acceptors (Lipinski definition) is 8. The van der Waals surface area contributed by atoms with E-state index in [9.17, 15) is 5.11 Å². The van der Waals surface area contributed by atoms with Crippen LogP contribution in [-0.4, -0.2) is 15.1 Å². The largest absolute Gasteiger partial charge is 0.498 e. The molecule has 4 aromatic rings. The molecule has 0 fully saturated rings. The summed E-state index contributed by atoms with van der Waals surface area (Å²) >= 11 is 9.52. The molecule has 0 atom stereocenters. The second-order valence-corrected chi connectivity index (χ2v) is 10.5. The van der Waals surface area contributed by atoms with Gasteiger partial charge >= 0.3 is 0 Å². The molecule has 1 aliphatic heterocycles. The number of nitrogens with one attached hydrogen (secondary N) is 3. The lowest BCUT2D eigenvalue weighted by atomic mass is 10.2. The number of thioether (sulfide) groups is 1. The number of rotatable bonds is 5. The van der Waals surface area contributed by atoms with Crippen molar-refractivity contribution in [3.05, 3.63) is 79.4 Å². The van der Waals surface area contributed by atoms with Crippen molar-refractivity contribution >= 4 is 80.9 Å². The van der Waals surface area contributed by atoms with Crippen LogP contribution in [0.25, 0.3) is 12.2 Å². The smallest absolute Gasteiger partial charge is 0.198 e. The summed E-state index contributed by atoms with van der Waals surface area (Å²) in [5.74, 6) is 0. The lowest BCUT2D eigenvalue weighted by Crippen LogP contribution is -1.96. The van der Waals surface area contributed by atoms with Gasteiger partial charge in [-0.25, -0.2) is 0 Å². The second kappa shape index (κ2) is 8.72. The summed E-state index contributed by atoms with van der Waals surface area (Å²) in [7, 11) is 0. The molecule has 2 aromatic carbocycles. The Labute approximate surface area is 195 Å². The number of thiophene rings is 1. The molecule has 0 amide bonds. The number of benzene rings is 2. The average molecular weight is 481 g/mol. The Bertz CT molecular complexity index is 1430. The van der Waals surface area contributed by atoms with Crippen LogP contribution in [0.3, 0.4) is 0 Å². The van der Waals surface area contributed by atoms with Crippen LogP contribution in [0.2, 0.25) is 0 Å². The monoisotopic (exact) mass is 480 g/mol. The number of para-hydroxylation sites is 1. The van der Waals surface area contributed by atoms with E-state index in [1.807, 2.05) is 60.7 Å². The molecule has 0 aliphatic carbocycles. The summed E-state index contributed by atoms with van der Waals surface area (Å²) in [4.78, 5) is 4.16. The van der Waals surface area contributed by atoms with E-state index in [4.69, 9.17) is 12.2 Å². The number of aromatic nitrogens is 1. The van der Waals surface area contributed by atoms with E-state index in [1.165, 1.54) is 11.3 Å². The molecule has 0 radical (unpaired) electrons. The third-order valence-corrected chi connectivity index (χ3v) is 7.59. The molecule has 0 unspecified atom stereocenters. The molecule has 0 saturated carbocycles. The maximum atomic E-state index is 9.90. The van der Waals surface area contributed by atoms with Crippen molar-refractivity contribution < 1.29 is 5.11 Å². The molecule has 154 valence electrons. The molecule has 9 heteroatoms. The Morgan fingerprint density at radius 2 is 1.71 bits per heavy atom. The molecule has 1 aliphatic rings. The minimum Gasteiger partial charge on any atom is -0.498 e. The first-order valence-corrected chi connectivity index (χ1v) is 12.2. The van der Waals surface area contributed by atoms with Gasteiger partial charge in [-0.15, -0.1) is 11.3 Å². The average Bonchev–Trinajstić information content (AvgIpc) is 3.41. The SMILES string of the molecule is Oc1sc(=S)[nH]c1C=c1cc2c(s1)=CC(=NNc1ccc(Nc3ccccc3)cc1)S2. The van der Waals surface area contributed by atoms with Crippen molar-refractivity contribution in [3.8, 4) is 5.06 Å². The van der Waals surface area contributed by atoms with E-state index >= 15 is 0 Å². The Hall–Kier alpha value is -2.85. The number of fused-ring (bicyclic) bond motifs is 1. The third-order valence-electron chi connectivity index (χ3n) is 4.40. The number of nitrogens with zero attached hydrogens (tertiary/aromatic N) is 1. The zero-order chi connectivity index (χ0) is 21.2. The highest BCUT2D eigenvalue weighted by Gasteiger charge is 2.13. The number of H-pyrrole nitrogens is 1. The fourth-order valence-corrected chi connectivity index (χ4v) is 6.05. The van der Waals surface area contributed by atoms with Crippen molar-refractivity contribution in [2.24, 2.45) is 5.10 Å². The van der Waals surface area contributed by atoms with Crippen molar-refractivity contribution in [3.63, 3.8) is 0 Å². The number of hydrogen-bond donors (Lipinski definition) is 4. The highest BCUT2D eigenvalue weighted by molar-refractivity contribution is 8.15. The predicted octanol–water partition coefficient (Wildman–Crippen LogP) is 5.46. The summed E-state index contributed by atoms with van der Waals surface area (Å²) in [5.41, 5.74) is 6.78. The van der Waals surface area contributed by atoms with Gasteiger partial charge in [0.25, 0.3) is 0 Å². The molecule has 31 heavy (non-hydrogen) atoms. The van der Waals surface area contributed by atoms with Crippen LogP contribution < -0.4 is 19.8 Å². The topological polar surface area (TPSA) is 72.4 Å². The van der Waals surface area contributed by atoms with Crippen molar-refractivity contribution in [2.75, 3.05) is 10.7 Å². The van der Waals surface area contributed by atoms with Crippen LogP contribution in [-0.2, 0) is 0 Å². The minimum atomic E-state index is 0.214. The second-order valence-electron chi connectivity index (χ2n) is 6.63. The molecule has 0 bridgehead atoms. The molecule has 3 heterocycles. The Balaban J connectivity index is 1.27. The summed E-state index contributed by atoms with van der Waals surface area (Å²) in [6.07, 6.45) is 3.98. The van der Waals surface area contributed by atoms with Gasteiger partial charge in [-0.1, -0.05) is 41.3 Å². The van der Waals surface area contributed by atoms with Gasteiger partial charge in [0, 0.05) is 25.3 Å². The van der Waals surface area contributed by atoms with Gasteiger partial charge in [0.1, 0.15) is 5.04 Å². The van der Waals surface area contributed by atoms with E-state index in [-0.39, 0.29) is 5.06 Å². The fourth-order valence-electron chi connectivity index (χ4n) is 2.98. The van der Waals surface area contributed by atoms with Gasteiger partial charge in [-0.05, 0) is 66.8 Å². The van der Waals surface area contributed by atoms with Crippen molar-refractivity contribution in [1.82, 2.24) is 4.98 Å². The number of thiazole rings is 1. The Kier molecular flexibility index (Phi) is 5.65. The van der Waals surface area contributed by atoms with Crippen LogP contribution in [0.1, 0.15) is 5.69 Å². The molecule has 5 rings (SSSR count). The zero-order valence-electron chi connectivity index (χ0n) is 16.0. The molecular formula is C22H16N4OS4. The van der Waals surface area contributed by atoms with Crippen molar-refractivity contribution in [2.45, 2.75) is 4.90 Å². The number of aromatic hydroxyl groups is 1. The van der Waals surface area contributed by atoms with Crippen molar-refractivity contribution in [1.29, 1.82) is 0 Å². The highest BCUT2D eigenvalue weighted by Crippen LogP contribution is 2.25. The normalized spacial score (nSPS) is 14.5. The van der Waals surface area contributed by atoms with Crippen LogP contribution >= 0.6 is 46.7 Å². The highest BCUT2D eigenvalue weighted by atomic mass is 32.2. The Morgan fingerprint density at radius 3 is 2.42 bits per heavy atom. The minimum absolute atomic E-state index is 0.214. The molecular weight excluding hydrogens is 465 g/mol. The lowest BCUT2D eigenvalue weighted by Gasteiger charge is -2.07. The maximum absolute atomic E-state index is 9.90. The van der Waals surface area contributed by atoms with Crippen LogP contribution in [0.5, 0.6) is 5.06 Å². The van der Waals surface area contributed by atoms with Gasteiger partial charge in [-0.2, -0.15) is 5.10 Å². The summed E-state index contributed by atoms with van der Waals surface area (Å²) in [6, 6.07) is 20.2. The lowest BCUT2D eigenvalue weighted by molar-refractivity contribution is 0.488. The standard InChI is InChI=1S/C22H16N4OS4/c27-21-17(24-22(28)31-21)10-16-11-18-19(29-16)12-20(30-18)26-25-15-8-6-14(7-9-15)23-13-4-2-1-3-5-13/h1-12,23,25,27H,(H,24,28). The van der Waals surface area contributed by atoms with Crippen LogP contribution in [0.4, 0.5) is 17.1 Å². The summed E-state index contributed by atoms with van der Waals surface area (Å²) in [6.45, 7) is 0. The Morgan fingerprint density at radius 1 is 0.968 bits per heavy atom. The van der Waals surface area contributed by atoms with E-state index in [2.05, 4.69) is 33.0 Å².